The number of amides is 1. The van der Waals surface area contributed by atoms with Crippen LogP contribution < -0.4 is 14.8 Å². The number of methoxy groups -OCH3 is 1. The van der Waals surface area contributed by atoms with Gasteiger partial charge >= 0.3 is 0 Å². The van der Waals surface area contributed by atoms with Gasteiger partial charge in [0.15, 0.2) is 0 Å². The van der Waals surface area contributed by atoms with Gasteiger partial charge in [0.25, 0.3) is 5.91 Å². The standard InChI is InChI=1S/C16H12FNO3/c1-20-12-5-2-10(3-6-12)14-9-21-15-7-4-11(17)8-13(15)16(19)18-14/h2-9H,1H3,(H,18,19). The van der Waals surface area contributed by atoms with Gasteiger partial charge in [0.05, 0.1) is 18.4 Å². The molecule has 106 valence electrons. The molecule has 1 aliphatic heterocycles. The lowest BCUT2D eigenvalue weighted by atomic mass is 10.1. The van der Waals surface area contributed by atoms with Crippen LogP contribution in [-0.4, -0.2) is 13.0 Å². The van der Waals surface area contributed by atoms with E-state index in [0.29, 0.717) is 17.2 Å². The molecule has 0 aliphatic carbocycles. The number of ether oxygens (including phenoxy) is 2. The number of benzene rings is 2. The molecule has 0 unspecified atom stereocenters. The summed E-state index contributed by atoms with van der Waals surface area (Å²) < 4.78 is 23.8. The summed E-state index contributed by atoms with van der Waals surface area (Å²) in [5, 5.41) is 2.71. The molecule has 3 rings (SSSR count). The van der Waals surface area contributed by atoms with Crippen LogP contribution in [-0.2, 0) is 0 Å². The van der Waals surface area contributed by atoms with E-state index < -0.39 is 11.7 Å². The molecule has 5 heteroatoms. The molecule has 1 aliphatic rings. The maximum Gasteiger partial charge on any atom is 0.259 e. The van der Waals surface area contributed by atoms with Crippen molar-refractivity contribution in [2.75, 3.05) is 7.11 Å². The molecule has 0 saturated heterocycles. The van der Waals surface area contributed by atoms with E-state index in [1.807, 2.05) is 0 Å². The Labute approximate surface area is 120 Å². The second-order valence-electron chi connectivity index (χ2n) is 4.47. The van der Waals surface area contributed by atoms with Crippen LogP contribution in [0, 0.1) is 5.82 Å². The summed E-state index contributed by atoms with van der Waals surface area (Å²) in [6, 6.07) is 11.0. The minimum atomic E-state index is -0.486. The zero-order valence-corrected chi connectivity index (χ0v) is 11.2. The molecule has 2 aromatic carbocycles. The van der Waals surface area contributed by atoms with Crippen LogP contribution in [0.4, 0.5) is 4.39 Å². The minimum Gasteiger partial charge on any atom is -0.497 e. The lowest BCUT2D eigenvalue weighted by molar-refractivity contribution is 0.0973. The third-order valence-electron chi connectivity index (χ3n) is 3.14. The number of hydrogen-bond donors (Lipinski definition) is 1. The summed E-state index contributed by atoms with van der Waals surface area (Å²) in [7, 11) is 1.58. The Hall–Kier alpha value is -2.82. The van der Waals surface area contributed by atoms with E-state index in [4.69, 9.17) is 9.47 Å². The highest BCUT2D eigenvalue weighted by molar-refractivity contribution is 6.02. The monoisotopic (exact) mass is 285 g/mol. The van der Waals surface area contributed by atoms with Gasteiger partial charge in [-0.1, -0.05) is 0 Å². The van der Waals surface area contributed by atoms with Gasteiger partial charge in [-0.3, -0.25) is 4.79 Å². The fourth-order valence-corrected chi connectivity index (χ4v) is 2.03. The first-order valence-electron chi connectivity index (χ1n) is 6.29. The van der Waals surface area contributed by atoms with Gasteiger partial charge in [-0.15, -0.1) is 0 Å². The maximum atomic E-state index is 13.2. The molecule has 0 saturated carbocycles. The van der Waals surface area contributed by atoms with E-state index in [0.717, 1.165) is 11.6 Å². The fraction of sp³-hybridized carbons (Fsp3) is 0.0625. The Kier molecular flexibility index (Phi) is 3.31. The van der Waals surface area contributed by atoms with Crippen molar-refractivity contribution in [1.82, 2.24) is 5.32 Å². The highest BCUT2D eigenvalue weighted by Gasteiger charge is 2.19. The third-order valence-corrected chi connectivity index (χ3v) is 3.14. The van der Waals surface area contributed by atoms with Gasteiger partial charge in [0.1, 0.15) is 23.6 Å². The van der Waals surface area contributed by atoms with Crippen LogP contribution in [0.1, 0.15) is 15.9 Å². The predicted molar refractivity (Wildman–Crippen MR) is 75.5 cm³/mol. The van der Waals surface area contributed by atoms with Gasteiger partial charge in [0, 0.05) is 5.56 Å². The lowest BCUT2D eigenvalue weighted by Gasteiger charge is -2.07. The number of fused-ring (bicyclic) bond motifs is 1. The van der Waals surface area contributed by atoms with E-state index in [1.165, 1.54) is 18.4 Å². The molecule has 0 atom stereocenters. The van der Waals surface area contributed by atoms with Crippen LogP contribution in [0.5, 0.6) is 11.5 Å². The Morgan fingerprint density at radius 2 is 1.90 bits per heavy atom. The van der Waals surface area contributed by atoms with Crippen molar-refractivity contribution in [3.05, 3.63) is 65.7 Å². The summed E-state index contributed by atoms with van der Waals surface area (Å²) in [6.07, 6.45) is 1.43. The summed E-state index contributed by atoms with van der Waals surface area (Å²) in [4.78, 5) is 12.1. The number of halogens is 1. The summed E-state index contributed by atoms with van der Waals surface area (Å²) in [6.45, 7) is 0. The van der Waals surface area contributed by atoms with Gasteiger partial charge in [-0.05, 0) is 42.5 Å². The fourth-order valence-electron chi connectivity index (χ4n) is 2.03. The van der Waals surface area contributed by atoms with Crippen molar-refractivity contribution in [2.45, 2.75) is 0 Å². The molecule has 0 radical (unpaired) electrons. The third kappa shape index (κ3) is 2.58. The highest BCUT2D eigenvalue weighted by atomic mass is 19.1. The van der Waals surface area contributed by atoms with Crippen molar-refractivity contribution < 1.29 is 18.7 Å². The van der Waals surface area contributed by atoms with Gasteiger partial charge in [-0.25, -0.2) is 4.39 Å². The maximum absolute atomic E-state index is 13.2. The first-order chi connectivity index (χ1) is 10.2. The average molecular weight is 285 g/mol. The van der Waals surface area contributed by atoms with Crippen molar-refractivity contribution in [1.29, 1.82) is 0 Å². The van der Waals surface area contributed by atoms with Crippen molar-refractivity contribution in [3.63, 3.8) is 0 Å². The van der Waals surface area contributed by atoms with Crippen LogP contribution in [0.2, 0.25) is 0 Å². The van der Waals surface area contributed by atoms with Crippen LogP contribution in [0.25, 0.3) is 5.70 Å². The van der Waals surface area contributed by atoms with Gasteiger partial charge in [-0.2, -0.15) is 0 Å². The second-order valence-corrected chi connectivity index (χ2v) is 4.47. The molecule has 2 aromatic rings. The van der Waals surface area contributed by atoms with Crippen LogP contribution >= 0.6 is 0 Å². The number of hydrogen-bond acceptors (Lipinski definition) is 3. The molecule has 4 nitrogen and oxygen atoms in total. The summed E-state index contributed by atoms with van der Waals surface area (Å²) in [5.41, 5.74) is 1.42. The topological polar surface area (TPSA) is 47.6 Å². The molecule has 1 heterocycles. The molecule has 0 aromatic heterocycles. The predicted octanol–water partition coefficient (Wildman–Crippen LogP) is 2.96. The van der Waals surface area contributed by atoms with E-state index in [2.05, 4.69) is 5.32 Å². The van der Waals surface area contributed by atoms with Crippen LogP contribution in [0.15, 0.2) is 48.7 Å². The summed E-state index contributed by atoms with van der Waals surface area (Å²) >= 11 is 0. The quantitative estimate of drug-likeness (QED) is 0.922. The second kappa shape index (κ2) is 5.28. The number of rotatable bonds is 2. The lowest BCUT2D eigenvalue weighted by Crippen LogP contribution is -2.20. The molecule has 1 amide bonds. The number of nitrogens with one attached hydrogen (secondary N) is 1. The van der Waals surface area contributed by atoms with E-state index in [-0.39, 0.29) is 5.56 Å². The van der Waals surface area contributed by atoms with E-state index in [1.54, 1.807) is 31.4 Å². The average Bonchev–Trinajstić information content (AvgIpc) is 2.67. The molecular weight excluding hydrogens is 273 g/mol. The molecule has 0 bridgehead atoms. The Morgan fingerprint density at radius 3 is 2.62 bits per heavy atom. The Bertz CT molecular complexity index is 723. The van der Waals surface area contributed by atoms with Crippen LogP contribution in [0.3, 0.4) is 0 Å². The Morgan fingerprint density at radius 1 is 1.14 bits per heavy atom. The first kappa shape index (κ1) is 13.2. The normalized spacial score (nSPS) is 13.4. The van der Waals surface area contributed by atoms with E-state index >= 15 is 0 Å². The smallest absolute Gasteiger partial charge is 0.259 e. The summed E-state index contributed by atoms with van der Waals surface area (Å²) in [5.74, 6) is 0.132. The number of carbonyl (C=O) groups excluding carboxylic acids is 1. The van der Waals surface area contributed by atoms with Crippen molar-refractivity contribution >= 4 is 11.6 Å². The molecule has 0 spiro atoms. The highest BCUT2D eigenvalue weighted by Crippen LogP contribution is 2.25. The van der Waals surface area contributed by atoms with Crippen molar-refractivity contribution in [3.8, 4) is 11.5 Å². The van der Waals surface area contributed by atoms with Gasteiger partial charge in [0.2, 0.25) is 0 Å². The van der Waals surface area contributed by atoms with E-state index in [9.17, 15) is 9.18 Å². The first-order valence-corrected chi connectivity index (χ1v) is 6.29. The van der Waals surface area contributed by atoms with Crippen molar-refractivity contribution in [2.24, 2.45) is 0 Å². The van der Waals surface area contributed by atoms with Gasteiger partial charge < -0.3 is 14.8 Å². The number of carbonyl (C=O) groups is 1. The molecule has 0 fully saturated rings. The Balaban J connectivity index is 1.93. The molecular formula is C16H12FNO3. The zero-order valence-electron chi connectivity index (χ0n) is 11.2. The molecule has 21 heavy (non-hydrogen) atoms. The largest absolute Gasteiger partial charge is 0.497 e. The minimum absolute atomic E-state index is 0.162. The zero-order chi connectivity index (χ0) is 14.8. The SMILES string of the molecule is COc1ccc(C2=COc3ccc(F)cc3C(=O)N2)cc1. The molecule has 1 N–H and O–H groups in total.